The van der Waals surface area contributed by atoms with Crippen LogP contribution < -0.4 is 11.1 Å². The molecule has 1 aromatic carbocycles. The second kappa shape index (κ2) is 6.35. The largest absolute Gasteiger partial charge is 0.393 e. The van der Waals surface area contributed by atoms with Crippen molar-refractivity contribution in [2.75, 3.05) is 6.54 Å². The Bertz CT molecular complexity index is 400. The van der Waals surface area contributed by atoms with Crippen LogP contribution in [0.1, 0.15) is 18.1 Å². The number of nitrogens with two attached hydrogens (primary N) is 1. The fourth-order valence-corrected chi connectivity index (χ4v) is 1.40. The van der Waals surface area contributed by atoms with Crippen molar-refractivity contribution < 1.29 is 4.79 Å². The first-order valence-corrected chi connectivity index (χ1v) is 6.01. The van der Waals surface area contributed by atoms with E-state index in [2.05, 4.69) is 5.32 Å². The summed E-state index contributed by atoms with van der Waals surface area (Å²) in [6, 6.07) is 7.93. The average molecular weight is 250 g/mol. The molecule has 1 amide bonds. The number of hydrogen-bond acceptors (Lipinski definition) is 2. The molecule has 0 saturated heterocycles. The molecule has 1 rings (SSSR count). The van der Waals surface area contributed by atoms with Crippen LogP contribution in [0.3, 0.4) is 0 Å². The molecule has 0 aliphatic carbocycles. The van der Waals surface area contributed by atoms with Gasteiger partial charge in [-0.3, -0.25) is 4.79 Å². The van der Waals surface area contributed by atoms with Crippen molar-refractivity contribution in [3.05, 3.63) is 35.4 Å². The number of nitrogens with one attached hydrogen (secondary N) is 1. The van der Waals surface area contributed by atoms with Gasteiger partial charge in [0, 0.05) is 12.5 Å². The quantitative estimate of drug-likeness (QED) is 0.780. The Morgan fingerprint density at radius 3 is 2.53 bits per heavy atom. The molecule has 1 aromatic rings. The zero-order valence-corrected chi connectivity index (χ0v) is 11.0. The third kappa shape index (κ3) is 4.95. The topological polar surface area (TPSA) is 55.1 Å². The summed E-state index contributed by atoms with van der Waals surface area (Å²) >= 11 is 4.84. The van der Waals surface area contributed by atoms with Crippen LogP contribution in [0.2, 0.25) is 0 Å². The molecule has 1 atom stereocenters. The highest BCUT2D eigenvalue weighted by molar-refractivity contribution is 7.80. The van der Waals surface area contributed by atoms with Gasteiger partial charge in [0.25, 0.3) is 0 Å². The highest BCUT2D eigenvalue weighted by Gasteiger charge is 2.08. The van der Waals surface area contributed by atoms with E-state index in [1.165, 1.54) is 5.56 Å². The molecule has 0 fully saturated rings. The molecule has 0 saturated carbocycles. The maximum Gasteiger partial charge on any atom is 0.224 e. The standard InChI is InChI=1S/C13H18N2OS/c1-9-3-5-11(6-4-9)7-12(16)15-8-10(2)13(14)17/h3-6,10H,7-8H2,1-2H3,(H2,14,17)(H,15,16). The third-order valence-electron chi connectivity index (χ3n) is 2.58. The van der Waals surface area contributed by atoms with Gasteiger partial charge >= 0.3 is 0 Å². The van der Waals surface area contributed by atoms with E-state index >= 15 is 0 Å². The van der Waals surface area contributed by atoms with E-state index in [4.69, 9.17) is 18.0 Å². The Kier molecular flexibility index (Phi) is 5.10. The number of thiocarbonyl (C=S) groups is 1. The van der Waals surface area contributed by atoms with E-state index < -0.39 is 0 Å². The summed E-state index contributed by atoms with van der Waals surface area (Å²) in [6.07, 6.45) is 0.393. The van der Waals surface area contributed by atoms with Crippen LogP contribution in [0.25, 0.3) is 0 Å². The summed E-state index contributed by atoms with van der Waals surface area (Å²) in [5.74, 6) is 0.0314. The lowest BCUT2D eigenvalue weighted by Gasteiger charge is -2.10. The maximum absolute atomic E-state index is 11.6. The number of aryl methyl sites for hydroxylation is 1. The van der Waals surface area contributed by atoms with Crippen LogP contribution in [-0.4, -0.2) is 17.4 Å². The Balaban J connectivity index is 2.39. The van der Waals surface area contributed by atoms with Crippen LogP contribution >= 0.6 is 12.2 Å². The van der Waals surface area contributed by atoms with Gasteiger partial charge in [-0.1, -0.05) is 49.0 Å². The molecule has 4 heteroatoms. The molecular weight excluding hydrogens is 232 g/mol. The first-order chi connectivity index (χ1) is 7.99. The highest BCUT2D eigenvalue weighted by atomic mass is 32.1. The molecule has 0 bridgehead atoms. The summed E-state index contributed by atoms with van der Waals surface area (Å²) in [4.78, 5) is 12.1. The predicted octanol–water partition coefficient (Wildman–Crippen LogP) is 1.58. The SMILES string of the molecule is Cc1ccc(CC(=O)NCC(C)C(N)=S)cc1. The average Bonchev–Trinajstić information content (AvgIpc) is 2.29. The summed E-state index contributed by atoms with van der Waals surface area (Å²) in [5.41, 5.74) is 7.67. The van der Waals surface area contributed by atoms with Crippen molar-refractivity contribution in [3.63, 3.8) is 0 Å². The molecule has 1 unspecified atom stereocenters. The summed E-state index contributed by atoms with van der Waals surface area (Å²) in [5, 5.41) is 2.82. The molecule has 0 aliphatic heterocycles. The van der Waals surface area contributed by atoms with E-state index in [-0.39, 0.29) is 11.8 Å². The second-order valence-corrected chi connectivity index (χ2v) is 4.74. The fraction of sp³-hybridized carbons (Fsp3) is 0.385. The van der Waals surface area contributed by atoms with Crippen molar-refractivity contribution in [2.45, 2.75) is 20.3 Å². The monoisotopic (exact) mass is 250 g/mol. The summed E-state index contributed by atoms with van der Waals surface area (Å²) in [7, 11) is 0. The summed E-state index contributed by atoms with van der Waals surface area (Å²) < 4.78 is 0. The zero-order chi connectivity index (χ0) is 12.8. The molecule has 0 radical (unpaired) electrons. The number of rotatable bonds is 5. The first-order valence-electron chi connectivity index (χ1n) is 5.60. The third-order valence-corrected chi connectivity index (χ3v) is 2.98. The Labute approximate surface area is 107 Å². The summed E-state index contributed by atoms with van der Waals surface area (Å²) in [6.45, 7) is 4.42. The van der Waals surface area contributed by atoms with Gasteiger partial charge in [-0.25, -0.2) is 0 Å². The van der Waals surface area contributed by atoms with Crippen molar-refractivity contribution in [2.24, 2.45) is 11.7 Å². The van der Waals surface area contributed by atoms with Crippen molar-refractivity contribution in [1.29, 1.82) is 0 Å². The normalized spacial score (nSPS) is 11.9. The van der Waals surface area contributed by atoms with Gasteiger partial charge in [0.2, 0.25) is 5.91 Å². The lowest BCUT2D eigenvalue weighted by molar-refractivity contribution is -0.120. The molecular formula is C13H18N2OS. The van der Waals surface area contributed by atoms with Crippen LogP contribution in [0.5, 0.6) is 0 Å². The smallest absolute Gasteiger partial charge is 0.224 e. The fourth-order valence-electron chi connectivity index (χ4n) is 1.32. The van der Waals surface area contributed by atoms with Gasteiger partial charge in [-0.15, -0.1) is 0 Å². The molecule has 17 heavy (non-hydrogen) atoms. The molecule has 92 valence electrons. The Morgan fingerprint density at radius 1 is 1.41 bits per heavy atom. The van der Waals surface area contributed by atoms with Gasteiger partial charge in [-0.05, 0) is 12.5 Å². The molecule has 0 aromatic heterocycles. The van der Waals surface area contributed by atoms with E-state index in [1.54, 1.807) is 0 Å². The van der Waals surface area contributed by atoms with Gasteiger partial charge < -0.3 is 11.1 Å². The highest BCUT2D eigenvalue weighted by Crippen LogP contribution is 2.03. The van der Waals surface area contributed by atoms with E-state index in [0.29, 0.717) is 18.0 Å². The molecule has 3 nitrogen and oxygen atoms in total. The molecule has 0 aliphatic rings. The van der Waals surface area contributed by atoms with Crippen molar-refractivity contribution >= 4 is 23.1 Å². The van der Waals surface area contributed by atoms with Crippen molar-refractivity contribution in [3.8, 4) is 0 Å². The molecule has 3 N–H and O–H groups in total. The van der Waals surface area contributed by atoms with E-state index in [1.807, 2.05) is 38.1 Å². The van der Waals surface area contributed by atoms with E-state index in [9.17, 15) is 4.79 Å². The van der Waals surface area contributed by atoms with Gasteiger partial charge in [0.15, 0.2) is 0 Å². The minimum absolute atomic E-state index is 0.00282. The minimum Gasteiger partial charge on any atom is -0.393 e. The number of carbonyl (C=O) groups is 1. The maximum atomic E-state index is 11.6. The number of hydrogen-bond donors (Lipinski definition) is 2. The Hall–Kier alpha value is -1.42. The van der Waals surface area contributed by atoms with Gasteiger partial charge in [0.1, 0.15) is 0 Å². The van der Waals surface area contributed by atoms with Crippen LogP contribution in [0.15, 0.2) is 24.3 Å². The number of carbonyl (C=O) groups excluding carboxylic acids is 1. The number of amides is 1. The minimum atomic E-state index is -0.00282. The van der Waals surface area contributed by atoms with Gasteiger partial charge in [-0.2, -0.15) is 0 Å². The van der Waals surface area contributed by atoms with Gasteiger partial charge in [0.05, 0.1) is 11.4 Å². The zero-order valence-electron chi connectivity index (χ0n) is 10.2. The van der Waals surface area contributed by atoms with Crippen LogP contribution in [-0.2, 0) is 11.2 Å². The number of benzene rings is 1. The lowest BCUT2D eigenvalue weighted by atomic mass is 10.1. The molecule has 0 heterocycles. The Morgan fingerprint density at radius 2 is 2.00 bits per heavy atom. The predicted molar refractivity (Wildman–Crippen MR) is 73.8 cm³/mol. The second-order valence-electron chi connectivity index (χ2n) is 4.27. The van der Waals surface area contributed by atoms with E-state index in [0.717, 1.165) is 5.56 Å². The van der Waals surface area contributed by atoms with Crippen molar-refractivity contribution in [1.82, 2.24) is 5.32 Å². The van der Waals surface area contributed by atoms with Crippen LogP contribution in [0.4, 0.5) is 0 Å². The van der Waals surface area contributed by atoms with Crippen LogP contribution in [0, 0.1) is 12.8 Å². The lowest BCUT2D eigenvalue weighted by Crippen LogP contribution is -2.34. The molecule has 0 spiro atoms. The first kappa shape index (κ1) is 13.6.